The molecule has 3 saturated heterocycles. The van der Waals surface area contributed by atoms with E-state index in [1.807, 2.05) is 23.1 Å². The molecule has 0 unspecified atom stereocenters. The quantitative estimate of drug-likeness (QED) is 0.810. The Balaban J connectivity index is 1.24. The maximum Gasteiger partial charge on any atom is 0.251 e. The number of nitrogens with zero attached hydrogens (tertiary/aromatic N) is 2. The van der Waals surface area contributed by atoms with E-state index in [9.17, 15) is 14.4 Å². The number of carbonyl (C=O) groups excluding carboxylic acids is 2. The number of aromatic nitrogens is 1. The third-order valence-electron chi connectivity index (χ3n) is 6.85. The van der Waals surface area contributed by atoms with Crippen molar-refractivity contribution in [2.45, 2.75) is 31.1 Å². The lowest BCUT2D eigenvalue weighted by Gasteiger charge is -2.29. The van der Waals surface area contributed by atoms with Gasteiger partial charge in [0, 0.05) is 55.0 Å². The molecule has 7 heteroatoms. The molecule has 3 fully saturated rings. The molecule has 4 heterocycles. The number of benzene rings is 1. The van der Waals surface area contributed by atoms with E-state index in [0.717, 1.165) is 12.8 Å². The summed E-state index contributed by atoms with van der Waals surface area (Å²) in [6.45, 7) is 2.03. The summed E-state index contributed by atoms with van der Waals surface area (Å²) in [5.74, 6) is 0.417. The highest BCUT2D eigenvalue weighted by Gasteiger charge is 2.63. The van der Waals surface area contributed by atoms with Crippen LogP contribution < -0.4 is 10.7 Å². The zero-order valence-corrected chi connectivity index (χ0v) is 16.7. The number of ether oxygens (including phenoxy) is 1. The Morgan fingerprint density at radius 3 is 2.67 bits per heavy atom. The highest BCUT2D eigenvalue weighted by Crippen LogP contribution is 2.54. The maximum absolute atomic E-state index is 12.9. The van der Waals surface area contributed by atoms with Crippen LogP contribution in [0.5, 0.6) is 0 Å². The summed E-state index contributed by atoms with van der Waals surface area (Å²) < 4.78 is 8.12. The van der Waals surface area contributed by atoms with Crippen LogP contribution in [0.4, 0.5) is 0 Å². The van der Waals surface area contributed by atoms with E-state index in [1.165, 1.54) is 12.1 Å². The lowest BCUT2D eigenvalue weighted by Crippen LogP contribution is -2.41. The second-order valence-corrected chi connectivity index (χ2v) is 8.59. The smallest absolute Gasteiger partial charge is 0.251 e. The van der Waals surface area contributed by atoms with Crippen LogP contribution in [0.15, 0.2) is 59.7 Å². The first-order chi connectivity index (χ1) is 14.5. The first kappa shape index (κ1) is 19.1. The van der Waals surface area contributed by atoms with E-state index < -0.39 is 0 Å². The molecule has 156 valence electrons. The zero-order chi connectivity index (χ0) is 20.7. The van der Waals surface area contributed by atoms with E-state index in [0.29, 0.717) is 25.2 Å². The van der Waals surface area contributed by atoms with Crippen LogP contribution in [0.3, 0.4) is 0 Å². The van der Waals surface area contributed by atoms with Crippen molar-refractivity contribution in [1.82, 2.24) is 14.8 Å². The van der Waals surface area contributed by atoms with Gasteiger partial charge in [0.1, 0.15) is 6.54 Å². The Kier molecular flexibility index (Phi) is 4.70. The van der Waals surface area contributed by atoms with Gasteiger partial charge in [0.25, 0.3) is 5.91 Å². The molecule has 2 bridgehead atoms. The molecule has 2 amide bonds. The van der Waals surface area contributed by atoms with Gasteiger partial charge in [-0.2, -0.15) is 0 Å². The number of nitrogens with one attached hydrogen (secondary N) is 1. The first-order valence-electron chi connectivity index (χ1n) is 10.5. The van der Waals surface area contributed by atoms with Crippen molar-refractivity contribution in [3.8, 4) is 0 Å². The summed E-state index contributed by atoms with van der Waals surface area (Å²) in [5.41, 5.74) is 0.311. The fraction of sp³-hybridized carbons (Fsp3) is 0.435. The predicted octanol–water partition coefficient (Wildman–Crippen LogP) is 1.28. The normalized spacial score (nSPS) is 29.1. The van der Waals surface area contributed by atoms with Crippen molar-refractivity contribution in [3.05, 3.63) is 70.6 Å². The van der Waals surface area contributed by atoms with Crippen LogP contribution in [0.1, 0.15) is 23.2 Å². The van der Waals surface area contributed by atoms with Gasteiger partial charge in [-0.3, -0.25) is 14.4 Å². The molecular formula is C23H25N3O4. The van der Waals surface area contributed by atoms with E-state index in [2.05, 4.69) is 5.32 Å². The number of carbonyl (C=O) groups is 2. The van der Waals surface area contributed by atoms with Crippen molar-refractivity contribution in [3.63, 3.8) is 0 Å². The number of amides is 2. The van der Waals surface area contributed by atoms with Gasteiger partial charge in [-0.1, -0.05) is 18.2 Å². The van der Waals surface area contributed by atoms with E-state index >= 15 is 0 Å². The van der Waals surface area contributed by atoms with E-state index in [4.69, 9.17) is 4.74 Å². The minimum Gasteiger partial charge on any atom is -0.369 e. The van der Waals surface area contributed by atoms with Gasteiger partial charge in [-0.25, -0.2) is 0 Å². The monoisotopic (exact) mass is 407 g/mol. The SMILES string of the molecule is O=C(NC[C@H]1[C@H]2CN(C(=O)Cn3ccc(=O)cc3)C[C@]23CC[C@H]1O3)c1ccccc1. The van der Waals surface area contributed by atoms with Gasteiger partial charge >= 0.3 is 0 Å². The minimum atomic E-state index is -0.272. The van der Waals surface area contributed by atoms with Crippen LogP contribution in [0, 0.1) is 11.8 Å². The van der Waals surface area contributed by atoms with Crippen LogP contribution >= 0.6 is 0 Å². The summed E-state index contributed by atoms with van der Waals surface area (Å²) in [7, 11) is 0. The average molecular weight is 407 g/mol. The van der Waals surface area contributed by atoms with Gasteiger partial charge in [-0.15, -0.1) is 0 Å². The number of hydrogen-bond acceptors (Lipinski definition) is 4. The standard InChI is InChI=1S/C23H25N3O4/c27-17-7-10-25(11-8-17)14-21(28)26-13-19-18(20-6-9-23(19,15-26)30-20)12-24-22(29)16-4-2-1-3-5-16/h1-5,7-8,10-11,18-20H,6,9,12-15H2,(H,24,29)/t18-,19+,20+,23+/m0/s1. The van der Waals surface area contributed by atoms with E-state index in [1.54, 1.807) is 29.1 Å². The van der Waals surface area contributed by atoms with Crippen molar-refractivity contribution in [2.75, 3.05) is 19.6 Å². The lowest BCUT2D eigenvalue weighted by atomic mass is 9.73. The Morgan fingerprint density at radius 2 is 1.90 bits per heavy atom. The number of hydrogen-bond donors (Lipinski definition) is 1. The number of likely N-dealkylation sites (tertiary alicyclic amines) is 1. The highest BCUT2D eigenvalue weighted by molar-refractivity contribution is 5.94. The van der Waals surface area contributed by atoms with E-state index in [-0.39, 0.29) is 47.3 Å². The largest absolute Gasteiger partial charge is 0.369 e. The molecule has 1 aromatic heterocycles. The van der Waals surface area contributed by atoms with Gasteiger partial charge < -0.3 is 19.5 Å². The first-order valence-corrected chi connectivity index (χ1v) is 10.5. The molecule has 0 saturated carbocycles. The summed E-state index contributed by atoms with van der Waals surface area (Å²) in [6, 6.07) is 12.1. The molecule has 1 N–H and O–H groups in total. The number of pyridine rings is 1. The van der Waals surface area contributed by atoms with Crippen molar-refractivity contribution < 1.29 is 14.3 Å². The molecule has 3 aliphatic heterocycles. The molecular weight excluding hydrogens is 382 g/mol. The fourth-order valence-electron chi connectivity index (χ4n) is 5.36. The molecule has 4 atom stereocenters. The Morgan fingerprint density at radius 1 is 1.13 bits per heavy atom. The van der Waals surface area contributed by atoms with Crippen molar-refractivity contribution in [2.24, 2.45) is 11.8 Å². The van der Waals surface area contributed by atoms with Crippen LogP contribution in [-0.4, -0.2) is 52.6 Å². The molecule has 3 aliphatic rings. The van der Waals surface area contributed by atoms with Crippen LogP contribution in [0.25, 0.3) is 0 Å². The zero-order valence-electron chi connectivity index (χ0n) is 16.7. The topological polar surface area (TPSA) is 80.6 Å². The Hall–Kier alpha value is -2.93. The Labute approximate surface area is 174 Å². The molecule has 7 nitrogen and oxygen atoms in total. The van der Waals surface area contributed by atoms with Crippen molar-refractivity contribution in [1.29, 1.82) is 0 Å². The third-order valence-corrected chi connectivity index (χ3v) is 6.85. The van der Waals surface area contributed by atoms with Gasteiger partial charge in [0.2, 0.25) is 5.91 Å². The summed E-state index contributed by atoms with van der Waals surface area (Å²) in [5, 5.41) is 3.07. The summed E-state index contributed by atoms with van der Waals surface area (Å²) in [4.78, 5) is 38.5. The number of fused-ring (bicyclic) bond motifs is 1. The summed E-state index contributed by atoms with van der Waals surface area (Å²) >= 11 is 0. The van der Waals surface area contributed by atoms with Gasteiger partial charge in [-0.05, 0) is 25.0 Å². The fourth-order valence-corrected chi connectivity index (χ4v) is 5.36. The summed E-state index contributed by atoms with van der Waals surface area (Å²) in [6.07, 6.45) is 5.37. The second-order valence-electron chi connectivity index (χ2n) is 8.59. The average Bonchev–Trinajstić information content (AvgIpc) is 3.43. The molecule has 30 heavy (non-hydrogen) atoms. The maximum atomic E-state index is 12.9. The Bertz CT molecular complexity index is 1000. The van der Waals surface area contributed by atoms with Crippen LogP contribution in [0.2, 0.25) is 0 Å². The number of rotatable bonds is 5. The molecule has 0 radical (unpaired) electrons. The van der Waals surface area contributed by atoms with Gasteiger partial charge in [0.05, 0.1) is 18.2 Å². The minimum absolute atomic E-state index is 0.0292. The second kappa shape index (κ2) is 7.40. The molecule has 1 spiro atoms. The molecule has 2 aromatic rings. The highest BCUT2D eigenvalue weighted by atomic mass is 16.5. The molecule has 1 aromatic carbocycles. The third kappa shape index (κ3) is 3.33. The van der Waals surface area contributed by atoms with Crippen LogP contribution in [-0.2, 0) is 16.1 Å². The predicted molar refractivity (Wildman–Crippen MR) is 110 cm³/mol. The molecule has 0 aliphatic carbocycles. The lowest BCUT2D eigenvalue weighted by molar-refractivity contribution is -0.132. The van der Waals surface area contributed by atoms with Crippen molar-refractivity contribution >= 4 is 11.8 Å². The van der Waals surface area contributed by atoms with Gasteiger partial charge in [0.15, 0.2) is 5.43 Å². The molecule has 5 rings (SSSR count).